The minimum Gasteiger partial charge on any atom is -0.493 e. The number of carbonyl (C=O) groups is 1. The fourth-order valence-electron chi connectivity index (χ4n) is 2.04. The third kappa shape index (κ3) is 4.85. The Kier molecular flexibility index (Phi) is 6.22. The lowest BCUT2D eigenvalue weighted by atomic mass is 10.2. The summed E-state index contributed by atoms with van der Waals surface area (Å²) in [5.74, 6) is 1.35. The standard InChI is InChI=1S/C16H21N3O3S/c1-4-22-13-6-5-12(9-14(13)21-3)10-18-16(20)19-11(2)15-17-7-8-23-15/h5-9,11H,4,10H2,1-3H3,(H2,18,19,20)/t11-/m1/s1. The fraction of sp³-hybridized carbons (Fsp3) is 0.375. The van der Waals surface area contributed by atoms with Crippen molar-refractivity contribution in [2.75, 3.05) is 13.7 Å². The lowest BCUT2D eigenvalue weighted by Crippen LogP contribution is -2.36. The van der Waals surface area contributed by atoms with Crippen molar-refractivity contribution in [1.82, 2.24) is 15.6 Å². The maximum Gasteiger partial charge on any atom is 0.315 e. The second-order valence-electron chi connectivity index (χ2n) is 4.84. The highest BCUT2D eigenvalue weighted by molar-refractivity contribution is 7.09. The van der Waals surface area contributed by atoms with Crippen LogP contribution in [0.2, 0.25) is 0 Å². The van der Waals surface area contributed by atoms with Gasteiger partial charge in [-0.1, -0.05) is 6.07 Å². The number of amides is 2. The van der Waals surface area contributed by atoms with Gasteiger partial charge in [-0.05, 0) is 31.5 Å². The molecule has 7 heteroatoms. The predicted molar refractivity (Wildman–Crippen MR) is 90.1 cm³/mol. The molecule has 124 valence electrons. The molecule has 1 aromatic carbocycles. The zero-order chi connectivity index (χ0) is 16.7. The molecule has 0 bridgehead atoms. The van der Waals surface area contributed by atoms with E-state index in [1.165, 1.54) is 11.3 Å². The van der Waals surface area contributed by atoms with Gasteiger partial charge < -0.3 is 20.1 Å². The van der Waals surface area contributed by atoms with Crippen molar-refractivity contribution in [3.63, 3.8) is 0 Å². The van der Waals surface area contributed by atoms with E-state index in [2.05, 4.69) is 15.6 Å². The molecule has 0 radical (unpaired) electrons. The van der Waals surface area contributed by atoms with Crippen molar-refractivity contribution in [3.8, 4) is 11.5 Å². The molecule has 0 aliphatic carbocycles. The molecule has 0 unspecified atom stereocenters. The molecule has 23 heavy (non-hydrogen) atoms. The van der Waals surface area contributed by atoms with Crippen molar-refractivity contribution >= 4 is 17.4 Å². The number of thiazole rings is 1. The van der Waals surface area contributed by atoms with E-state index in [1.807, 2.05) is 37.4 Å². The van der Waals surface area contributed by atoms with Crippen molar-refractivity contribution in [2.45, 2.75) is 26.4 Å². The third-order valence-electron chi connectivity index (χ3n) is 3.15. The zero-order valence-corrected chi connectivity index (χ0v) is 14.3. The number of carbonyl (C=O) groups excluding carboxylic acids is 1. The average molecular weight is 335 g/mol. The smallest absolute Gasteiger partial charge is 0.315 e. The molecule has 6 nitrogen and oxygen atoms in total. The topological polar surface area (TPSA) is 72.5 Å². The zero-order valence-electron chi connectivity index (χ0n) is 13.5. The highest BCUT2D eigenvalue weighted by atomic mass is 32.1. The van der Waals surface area contributed by atoms with Crippen LogP contribution in [-0.2, 0) is 6.54 Å². The number of aromatic nitrogens is 1. The molecule has 0 aliphatic heterocycles. The van der Waals surface area contributed by atoms with Crippen LogP contribution in [0.3, 0.4) is 0 Å². The number of methoxy groups -OCH3 is 1. The quantitative estimate of drug-likeness (QED) is 0.815. The highest BCUT2D eigenvalue weighted by Crippen LogP contribution is 2.27. The molecule has 0 spiro atoms. The molecule has 1 heterocycles. The van der Waals surface area contributed by atoms with Gasteiger partial charge in [0.05, 0.1) is 19.8 Å². The van der Waals surface area contributed by atoms with Crippen LogP contribution in [0.1, 0.15) is 30.5 Å². The fourth-order valence-corrected chi connectivity index (χ4v) is 2.68. The Hall–Kier alpha value is -2.28. The second-order valence-corrected chi connectivity index (χ2v) is 5.76. The summed E-state index contributed by atoms with van der Waals surface area (Å²) < 4.78 is 10.8. The SMILES string of the molecule is CCOc1ccc(CNC(=O)N[C@H](C)c2nccs2)cc1OC. The molecule has 1 aromatic heterocycles. The monoisotopic (exact) mass is 335 g/mol. The number of benzene rings is 1. The Balaban J connectivity index is 1.88. The Morgan fingerprint density at radius 3 is 2.87 bits per heavy atom. The van der Waals surface area contributed by atoms with E-state index in [0.717, 1.165) is 10.6 Å². The van der Waals surface area contributed by atoms with Gasteiger partial charge in [0.15, 0.2) is 11.5 Å². The maximum atomic E-state index is 11.9. The van der Waals surface area contributed by atoms with Gasteiger partial charge in [-0.15, -0.1) is 11.3 Å². The minimum atomic E-state index is -0.236. The molecule has 0 saturated carbocycles. The van der Waals surface area contributed by atoms with Gasteiger partial charge in [-0.25, -0.2) is 9.78 Å². The number of rotatable bonds is 7. The predicted octanol–water partition coefficient (Wildman–Crippen LogP) is 3.11. The Morgan fingerprint density at radius 2 is 2.22 bits per heavy atom. The number of nitrogens with one attached hydrogen (secondary N) is 2. The van der Waals surface area contributed by atoms with E-state index >= 15 is 0 Å². The van der Waals surface area contributed by atoms with Crippen LogP contribution < -0.4 is 20.1 Å². The summed E-state index contributed by atoms with van der Waals surface area (Å²) in [4.78, 5) is 16.1. The Bertz CT molecular complexity index is 632. The van der Waals surface area contributed by atoms with Gasteiger partial charge in [0.2, 0.25) is 0 Å². The first-order valence-electron chi connectivity index (χ1n) is 7.37. The van der Waals surface area contributed by atoms with Crippen molar-refractivity contribution in [3.05, 3.63) is 40.3 Å². The van der Waals surface area contributed by atoms with Gasteiger partial charge in [-0.3, -0.25) is 0 Å². The van der Waals surface area contributed by atoms with Crippen molar-refractivity contribution < 1.29 is 14.3 Å². The summed E-state index contributed by atoms with van der Waals surface area (Å²) in [6.45, 7) is 4.80. The van der Waals surface area contributed by atoms with Gasteiger partial charge in [0, 0.05) is 18.1 Å². The van der Waals surface area contributed by atoms with Crippen molar-refractivity contribution in [1.29, 1.82) is 0 Å². The molecule has 1 atom stereocenters. The molecular formula is C16H21N3O3S. The first kappa shape index (κ1) is 17.1. The summed E-state index contributed by atoms with van der Waals surface area (Å²) in [5, 5.41) is 8.44. The van der Waals surface area contributed by atoms with E-state index in [4.69, 9.17) is 9.47 Å². The third-order valence-corrected chi connectivity index (χ3v) is 4.11. The Morgan fingerprint density at radius 1 is 1.39 bits per heavy atom. The number of hydrogen-bond acceptors (Lipinski definition) is 5. The lowest BCUT2D eigenvalue weighted by molar-refractivity contribution is 0.237. The average Bonchev–Trinajstić information content (AvgIpc) is 3.08. The first-order valence-corrected chi connectivity index (χ1v) is 8.25. The van der Waals surface area contributed by atoms with Crippen LogP contribution in [0, 0.1) is 0 Å². The molecule has 0 aliphatic rings. The number of ether oxygens (including phenoxy) is 2. The summed E-state index contributed by atoms with van der Waals surface area (Å²) in [6.07, 6.45) is 1.72. The second kappa shape index (κ2) is 8.38. The summed E-state index contributed by atoms with van der Waals surface area (Å²) in [6, 6.07) is 5.24. The summed E-state index contributed by atoms with van der Waals surface area (Å²) in [5.41, 5.74) is 0.933. The molecule has 0 fully saturated rings. The molecule has 2 N–H and O–H groups in total. The van der Waals surface area contributed by atoms with Crippen LogP contribution in [0.25, 0.3) is 0 Å². The van der Waals surface area contributed by atoms with E-state index in [1.54, 1.807) is 13.3 Å². The van der Waals surface area contributed by atoms with Gasteiger partial charge in [0.1, 0.15) is 5.01 Å². The number of urea groups is 1. The van der Waals surface area contributed by atoms with Crippen LogP contribution in [0.15, 0.2) is 29.8 Å². The summed E-state index contributed by atoms with van der Waals surface area (Å²) >= 11 is 1.51. The van der Waals surface area contributed by atoms with Gasteiger partial charge >= 0.3 is 6.03 Å². The van der Waals surface area contributed by atoms with Crippen LogP contribution in [0.5, 0.6) is 11.5 Å². The lowest BCUT2D eigenvalue weighted by Gasteiger charge is -2.14. The Labute approximate surface area is 139 Å². The first-order chi connectivity index (χ1) is 11.1. The number of nitrogens with zero attached hydrogens (tertiary/aromatic N) is 1. The normalized spacial score (nSPS) is 11.6. The van der Waals surface area contributed by atoms with Gasteiger partial charge in [-0.2, -0.15) is 0 Å². The van der Waals surface area contributed by atoms with Crippen LogP contribution >= 0.6 is 11.3 Å². The molecule has 2 rings (SSSR count). The van der Waals surface area contributed by atoms with E-state index < -0.39 is 0 Å². The molecule has 2 amide bonds. The van der Waals surface area contributed by atoms with Crippen LogP contribution in [0.4, 0.5) is 4.79 Å². The molecule has 0 saturated heterocycles. The molecule has 2 aromatic rings. The molecular weight excluding hydrogens is 314 g/mol. The van der Waals surface area contributed by atoms with E-state index in [-0.39, 0.29) is 12.1 Å². The van der Waals surface area contributed by atoms with Gasteiger partial charge in [0.25, 0.3) is 0 Å². The summed E-state index contributed by atoms with van der Waals surface area (Å²) in [7, 11) is 1.59. The van der Waals surface area contributed by atoms with E-state index in [0.29, 0.717) is 24.7 Å². The number of hydrogen-bond donors (Lipinski definition) is 2. The van der Waals surface area contributed by atoms with E-state index in [9.17, 15) is 4.79 Å². The maximum absolute atomic E-state index is 11.9. The van der Waals surface area contributed by atoms with Crippen molar-refractivity contribution in [2.24, 2.45) is 0 Å². The highest BCUT2D eigenvalue weighted by Gasteiger charge is 2.11. The van der Waals surface area contributed by atoms with Crippen LogP contribution in [-0.4, -0.2) is 24.7 Å². The largest absolute Gasteiger partial charge is 0.493 e. The minimum absolute atomic E-state index is 0.120.